The van der Waals surface area contributed by atoms with E-state index in [0.717, 1.165) is 22.0 Å². The molecule has 0 saturated carbocycles. The quantitative estimate of drug-likeness (QED) is 0.648. The maximum Gasteiger partial charge on any atom is 0.270 e. The van der Waals surface area contributed by atoms with Crippen LogP contribution in [0.3, 0.4) is 0 Å². The second-order valence-corrected chi connectivity index (χ2v) is 7.86. The number of H-pyrrole nitrogens is 1. The number of methoxy groups -OCH3 is 3. The van der Waals surface area contributed by atoms with Crippen molar-refractivity contribution < 1.29 is 19.0 Å². The lowest BCUT2D eigenvalue weighted by Crippen LogP contribution is -2.34. The first-order chi connectivity index (χ1) is 14.9. The summed E-state index contributed by atoms with van der Waals surface area (Å²) in [5.74, 6) is 2.08. The first kappa shape index (κ1) is 20.8. The van der Waals surface area contributed by atoms with Crippen LogP contribution in [0.2, 0.25) is 0 Å². The highest BCUT2D eigenvalue weighted by Gasteiger charge is 2.24. The van der Waals surface area contributed by atoms with Crippen LogP contribution >= 0.6 is 0 Å². The number of nitrogens with zero attached hydrogens (tertiary/aromatic N) is 1. The minimum absolute atomic E-state index is 0.0113. The molecule has 0 fully saturated rings. The molecule has 31 heavy (non-hydrogen) atoms. The topological polar surface area (TPSA) is 63.8 Å². The average Bonchev–Trinajstić information content (AvgIpc) is 3.22. The van der Waals surface area contributed by atoms with E-state index in [1.807, 2.05) is 23.1 Å². The van der Waals surface area contributed by atoms with Crippen LogP contribution in [0.5, 0.6) is 17.2 Å². The van der Waals surface area contributed by atoms with E-state index >= 15 is 0 Å². The van der Waals surface area contributed by atoms with Gasteiger partial charge in [0.05, 0.1) is 26.9 Å². The zero-order chi connectivity index (χ0) is 22.1. The Morgan fingerprint density at radius 1 is 0.968 bits per heavy atom. The van der Waals surface area contributed by atoms with Gasteiger partial charge in [0.2, 0.25) is 0 Å². The number of carbonyl (C=O) groups excluding carboxylic acids is 1. The van der Waals surface area contributed by atoms with Crippen molar-refractivity contribution in [3.63, 3.8) is 0 Å². The van der Waals surface area contributed by atoms with Crippen molar-refractivity contribution in [3.05, 3.63) is 58.8 Å². The number of aromatic amines is 1. The number of fused-ring (bicyclic) bond motifs is 1. The third-order valence-corrected chi connectivity index (χ3v) is 5.85. The second kappa shape index (κ2) is 8.38. The molecule has 0 spiro atoms. The van der Waals surface area contributed by atoms with Crippen molar-refractivity contribution in [2.24, 2.45) is 0 Å². The van der Waals surface area contributed by atoms with E-state index in [-0.39, 0.29) is 5.91 Å². The molecule has 0 bridgehead atoms. The minimum Gasteiger partial charge on any atom is -0.496 e. The molecule has 0 aliphatic carbocycles. The summed E-state index contributed by atoms with van der Waals surface area (Å²) in [6.45, 7) is 5.28. The summed E-state index contributed by atoms with van der Waals surface area (Å²) < 4.78 is 16.5. The Bertz CT molecular complexity index is 1150. The highest BCUT2D eigenvalue weighted by atomic mass is 16.5. The molecule has 2 aromatic carbocycles. The zero-order valence-electron chi connectivity index (χ0n) is 18.7. The summed E-state index contributed by atoms with van der Waals surface area (Å²) in [5, 5.41) is 1.09. The standard InChI is InChI=1S/C25H28N2O4/c1-15-10-16(2)19-14-21(26-20(19)11-15)25(28)27-8-6-17(7-9-27)24-22(30-4)12-18(29-3)13-23(24)31-5/h6,10-14,26H,7-9H2,1-5H3. The number of ether oxygens (including phenoxy) is 3. The Labute approximate surface area is 182 Å². The molecule has 1 aliphatic rings. The lowest BCUT2D eigenvalue weighted by atomic mass is 9.97. The van der Waals surface area contributed by atoms with Crippen molar-refractivity contribution in [3.8, 4) is 17.2 Å². The number of aromatic nitrogens is 1. The fraction of sp³-hybridized carbons (Fsp3) is 0.320. The molecule has 4 rings (SSSR count). The van der Waals surface area contributed by atoms with E-state index in [9.17, 15) is 4.79 Å². The van der Waals surface area contributed by atoms with Crippen LogP contribution in [0.15, 0.2) is 36.4 Å². The molecule has 0 saturated heterocycles. The highest BCUT2D eigenvalue weighted by Crippen LogP contribution is 2.41. The fourth-order valence-electron chi connectivity index (χ4n) is 4.29. The van der Waals surface area contributed by atoms with Gasteiger partial charge in [0.25, 0.3) is 5.91 Å². The maximum absolute atomic E-state index is 13.1. The van der Waals surface area contributed by atoms with Gasteiger partial charge in [0.15, 0.2) is 0 Å². The summed E-state index contributed by atoms with van der Waals surface area (Å²) in [7, 11) is 4.89. The predicted octanol–water partition coefficient (Wildman–Crippen LogP) is 4.74. The van der Waals surface area contributed by atoms with E-state index in [1.165, 1.54) is 11.1 Å². The van der Waals surface area contributed by atoms with E-state index < -0.39 is 0 Å². The first-order valence-electron chi connectivity index (χ1n) is 10.3. The van der Waals surface area contributed by atoms with E-state index in [1.54, 1.807) is 21.3 Å². The number of carbonyl (C=O) groups is 1. The van der Waals surface area contributed by atoms with E-state index in [0.29, 0.717) is 42.5 Å². The lowest BCUT2D eigenvalue weighted by Gasteiger charge is -2.27. The Hall–Kier alpha value is -3.41. The molecule has 6 heteroatoms. The highest BCUT2D eigenvalue weighted by molar-refractivity contribution is 5.99. The predicted molar refractivity (Wildman–Crippen MR) is 122 cm³/mol. The van der Waals surface area contributed by atoms with Gasteiger partial charge in [0.1, 0.15) is 22.9 Å². The van der Waals surface area contributed by atoms with Crippen LogP contribution in [-0.4, -0.2) is 50.2 Å². The van der Waals surface area contributed by atoms with Gasteiger partial charge in [-0.1, -0.05) is 12.1 Å². The van der Waals surface area contributed by atoms with Gasteiger partial charge < -0.3 is 24.1 Å². The number of hydrogen-bond donors (Lipinski definition) is 1. The Balaban J connectivity index is 1.60. The molecular formula is C25H28N2O4. The summed E-state index contributed by atoms with van der Waals surface area (Å²) >= 11 is 0. The van der Waals surface area contributed by atoms with Crippen molar-refractivity contribution in [1.82, 2.24) is 9.88 Å². The molecule has 6 nitrogen and oxygen atoms in total. The number of rotatable bonds is 5. The van der Waals surface area contributed by atoms with Crippen LogP contribution in [0.25, 0.3) is 16.5 Å². The molecule has 0 radical (unpaired) electrons. The monoisotopic (exact) mass is 420 g/mol. The maximum atomic E-state index is 13.1. The zero-order valence-corrected chi connectivity index (χ0v) is 18.7. The number of hydrogen-bond acceptors (Lipinski definition) is 4. The fourth-order valence-corrected chi connectivity index (χ4v) is 4.29. The van der Waals surface area contributed by atoms with Gasteiger partial charge in [-0.15, -0.1) is 0 Å². The first-order valence-corrected chi connectivity index (χ1v) is 10.3. The molecular weight excluding hydrogens is 392 g/mol. The third-order valence-electron chi connectivity index (χ3n) is 5.85. The molecule has 1 N–H and O–H groups in total. The van der Waals surface area contributed by atoms with Crippen LogP contribution in [0, 0.1) is 13.8 Å². The Morgan fingerprint density at radius 3 is 2.26 bits per heavy atom. The minimum atomic E-state index is 0.0113. The molecule has 0 atom stereocenters. The van der Waals surface area contributed by atoms with Gasteiger partial charge >= 0.3 is 0 Å². The summed E-state index contributed by atoms with van der Waals surface area (Å²) in [5.41, 5.74) is 5.99. The normalized spacial score (nSPS) is 13.8. The Kier molecular flexibility index (Phi) is 5.63. The molecule has 162 valence electrons. The van der Waals surface area contributed by atoms with Crippen molar-refractivity contribution >= 4 is 22.4 Å². The van der Waals surface area contributed by atoms with Crippen molar-refractivity contribution in [2.45, 2.75) is 20.3 Å². The van der Waals surface area contributed by atoms with Gasteiger partial charge in [-0.25, -0.2) is 0 Å². The molecule has 1 aliphatic heterocycles. The number of nitrogens with one attached hydrogen (secondary N) is 1. The summed E-state index contributed by atoms with van der Waals surface area (Å²) in [6.07, 6.45) is 2.79. The number of amides is 1. The van der Waals surface area contributed by atoms with Gasteiger partial charge in [-0.3, -0.25) is 4.79 Å². The number of benzene rings is 2. The van der Waals surface area contributed by atoms with Crippen molar-refractivity contribution in [2.75, 3.05) is 34.4 Å². The molecule has 0 unspecified atom stereocenters. The van der Waals surface area contributed by atoms with Crippen LogP contribution < -0.4 is 14.2 Å². The van der Waals surface area contributed by atoms with Gasteiger partial charge in [-0.05, 0) is 49.1 Å². The molecule has 1 aromatic heterocycles. The van der Waals surface area contributed by atoms with Crippen LogP contribution in [-0.2, 0) is 0 Å². The summed E-state index contributed by atoms with van der Waals surface area (Å²) in [6, 6.07) is 9.88. The molecule has 1 amide bonds. The third kappa shape index (κ3) is 3.85. The van der Waals surface area contributed by atoms with E-state index in [2.05, 4.69) is 37.0 Å². The lowest BCUT2D eigenvalue weighted by molar-refractivity contribution is 0.0768. The van der Waals surface area contributed by atoms with Crippen molar-refractivity contribution in [1.29, 1.82) is 0 Å². The average molecular weight is 421 g/mol. The SMILES string of the molecule is COc1cc(OC)c(C2=CCN(C(=O)c3cc4c(C)cc(C)cc4[nH]3)CC2)c(OC)c1. The summed E-state index contributed by atoms with van der Waals surface area (Å²) in [4.78, 5) is 18.3. The molecule has 2 heterocycles. The second-order valence-electron chi connectivity index (χ2n) is 7.86. The number of aryl methyl sites for hydroxylation is 2. The largest absolute Gasteiger partial charge is 0.496 e. The van der Waals surface area contributed by atoms with E-state index in [4.69, 9.17) is 14.2 Å². The van der Waals surface area contributed by atoms with Crippen LogP contribution in [0.1, 0.15) is 33.6 Å². The van der Waals surface area contributed by atoms with Crippen LogP contribution in [0.4, 0.5) is 0 Å². The molecule has 3 aromatic rings. The van der Waals surface area contributed by atoms with Gasteiger partial charge in [0, 0.05) is 36.1 Å². The Morgan fingerprint density at radius 2 is 1.68 bits per heavy atom. The smallest absolute Gasteiger partial charge is 0.270 e. The van der Waals surface area contributed by atoms with Gasteiger partial charge in [-0.2, -0.15) is 0 Å².